The fourth-order valence-electron chi connectivity index (χ4n) is 1.80. The number of hydrogen-bond acceptors (Lipinski definition) is 2. The van der Waals surface area contributed by atoms with Gasteiger partial charge in [-0.25, -0.2) is 0 Å². The third-order valence-corrected chi connectivity index (χ3v) is 2.96. The number of carbonyl (C=O) groups excluding carboxylic acids is 1. The molecule has 0 radical (unpaired) electrons. The zero-order valence-corrected chi connectivity index (χ0v) is 11.2. The lowest BCUT2D eigenvalue weighted by atomic mass is 10.0. The van der Waals surface area contributed by atoms with Crippen molar-refractivity contribution in [3.8, 4) is 0 Å². The molecule has 0 fully saturated rings. The van der Waals surface area contributed by atoms with Gasteiger partial charge in [0, 0.05) is 19.2 Å². The molecule has 0 spiro atoms. The van der Waals surface area contributed by atoms with Gasteiger partial charge in [0.2, 0.25) is 0 Å². The SMILES string of the molecule is Cc1ccc(C)c(C(=O)N(C)CC(C)CN)c1. The lowest BCUT2D eigenvalue weighted by Crippen LogP contribution is -2.33. The van der Waals surface area contributed by atoms with Gasteiger partial charge < -0.3 is 10.6 Å². The zero-order chi connectivity index (χ0) is 13.0. The molecule has 0 aromatic heterocycles. The minimum atomic E-state index is 0.0755. The fraction of sp³-hybridized carbons (Fsp3) is 0.500. The summed E-state index contributed by atoms with van der Waals surface area (Å²) in [4.78, 5) is 14.0. The Morgan fingerprint density at radius 3 is 2.65 bits per heavy atom. The monoisotopic (exact) mass is 234 g/mol. The highest BCUT2D eigenvalue weighted by Crippen LogP contribution is 2.13. The Kier molecular flexibility index (Phi) is 4.70. The lowest BCUT2D eigenvalue weighted by Gasteiger charge is -2.21. The maximum absolute atomic E-state index is 12.3. The highest BCUT2D eigenvalue weighted by Gasteiger charge is 2.15. The molecule has 17 heavy (non-hydrogen) atoms. The summed E-state index contributed by atoms with van der Waals surface area (Å²) in [6.07, 6.45) is 0. The molecular weight excluding hydrogens is 212 g/mol. The third-order valence-electron chi connectivity index (χ3n) is 2.96. The van der Waals surface area contributed by atoms with E-state index in [9.17, 15) is 4.79 Å². The standard InChI is InChI=1S/C14H22N2O/c1-10-5-6-12(3)13(7-10)14(17)16(4)9-11(2)8-15/h5-7,11H,8-9,15H2,1-4H3. The Labute approximate surface area is 104 Å². The summed E-state index contributed by atoms with van der Waals surface area (Å²) in [5, 5.41) is 0. The van der Waals surface area contributed by atoms with Crippen molar-refractivity contribution in [3.05, 3.63) is 34.9 Å². The molecule has 0 bridgehead atoms. The van der Waals surface area contributed by atoms with Crippen LogP contribution in [0.5, 0.6) is 0 Å². The Bertz CT molecular complexity index is 401. The van der Waals surface area contributed by atoms with Gasteiger partial charge in [0.1, 0.15) is 0 Å². The van der Waals surface area contributed by atoms with E-state index in [1.54, 1.807) is 4.90 Å². The second-order valence-electron chi connectivity index (χ2n) is 4.84. The quantitative estimate of drug-likeness (QED) is 0.865. The van der Waals surface area contributed by atoms with Crippen LogP contribution >= 0.6 is 0 Å². The van der Waals surface area contributed by atoms with Gasteiger partial charge in [-0.05, 0) is 37.9 Å². The number of nitrogens with zero attached hydrogens (tertiary/aromatic N) is 1. The molecule has 1 aromatic carbocycles. The normalized spacial score (nSPS) is 12.3. The number of nitrogens with two attached hydrogens (primary N) is 1. The summed E-state index contributed by atoms with van der Waals surface area (Å²) in [6, 6.07) is 5.96. The van der Waals surface area contributed by atoms with Crippen LogP contribution in [0.1, 0.15) is 28.4 Å². The van der Waals surface area contributed by atoms with Gasteiger partial charge in [0.25, 0.3) is 5.91 Å². The molecule has 3 heteroatoms. The van der Waals surface area contributed by atoms with Crippen LogP contribution < -0.4 is 5.73 Å². The minimum absolute atomic E-state index is 0.0755. The average Bonchev–Trinajstić information content (AvgIpc) is 2.31. The molecule has 0 heterocycles. The second-order valence-corrected chi connectivity index (χ2v) is 4.84. The maximum Gasteiger partial charge on any atom is 0.253 e. The number of hydrogen-bond donors (Lipinski definition) is 1. The topological polar surface area (TPSA) is 46.3 Å². The molecule has 3 nitrogen and oxygen atoms in total. The van der Waals surface area contributed by atoms with Gasteiger partial charge >= 0.3 is 0 Å². The molecule has 2 N–H and O–H groups in total. The predicted octanol–water partition coefficient (Wildman–Crippen LogP) is 1.97. The Morgan fingerprint density at radius 2 is 2.06 bits per heavy atom. The van der Waals surface area contributed by atoms with Crippen LogP contribution in [-0.2, 0) is 0 Å². The first-order valence-corrected chi connectivity index (χ1v) is 5.98. The molecule has 1 aromatic rings. The predicted molar refractivity (Wildman–Crippen MR) is 71.1 cm³/mol. The fourth-order valence-corrected chi connectivity index (χ4v) is 1.80. The van der Waals surface area contributed by atoms with E-state index in [1.165, 1.54) is 0 Å². The minimum Gasteiger partial charge on any atom is -0.341 e. The van der Waals surface area contributed by atoms with Crippen molar-refractivity contribution in [1.29, 1.82) is 0 Å². The smallest absolute Gasteiger partial charge is 0.253 e. The van der Waals surface area contributed by atoms with E-state index in [0.29, 0.717) is 19.0 Å². The molecular formula is C14H22N2O. The highest BCUT2D eigenvalue weighted by molar-refractivity contribution is 5.95. The zero-order valence-electron chi connectivity index (χ0n) is 11.2. The molecule has 1 atom stereocenters. The van der Waals surface area contributed by atoms with Crippen molar-refractivity contribution in [2.24, 2.45) is 11.7 Å². The van der Waals surface area contributed by atoms with Crippen molar-refractivity contribution in [3.63, 3.8) is 0 Å². The maximum atomic E-state index is 12.3. The molecule has 1 unspecified atom stereocenters. The van der Waals surface area contributed by atoms with Crippen molar-refractivity contribution in [2.75, 3.05) is 20.1 Å². The van der Waals surface area contributed by atoms with E-state index in [0.717, 1.165) is 16.7 Å². The Hall–Kier alpha value is -1.35. The van der Waals surface area contributed by atoms with E-state index in [-0.39, 0.29) is 5.91 Å². The van der Waals surface area contributed by atoms with Crippen molar-refractivity contribution in [2.45, 2.75) is 20.8 Å². The van der Waals surface area contributed by atoms with Gasteiger partial charge in [-0.3, -0.25) is 4.79 Å². The van der Waals surface area contributed by atoms with Crippen LogP contribution in [-0.4, -0.2) is 30.9 Å². The molecule has 0 saturated carbocycles. The largest absolute Gasteiger partial charge is 0.341 e. The lowest BCUT2D eigenvalue weighted by molar-refractivity contribution is 0.0776. The van der Waals surface area contributed by atoms with E-state index in [4.69, 9.17) is 5.73 Å². The van der Waals surface area contributed by atoms with Crippen LogP contribution in [0.15, 0.2) is 18.2 Å². The van der Waals surface area contributed by atoms with Crippen LogP contribution in [0, 0.1) is 19.8 Å². The van der Waals surface area contributed by atoms with Crippen LogP contribution in [0.3, 0.4) is 0 Å². The average molecular weight is 234 g/mol. The van der Waals surface area contributed by atoms with E-state index in [1.807, 2.05) is 46.0 Å². The van der Waals surface area contributed by atoms with E-state index >= 15 is 0 Å². The summed E-state index contributed by atoms with van der Waals surface area (Å²) in [5.74, 6) is 0.403. The molecule has 1 amide bonds. The van der Waals surface area contributed by atoms with Gasteiger partial charge in [-0.1, -0.05) is 24.6 Å². The number of rotatable bonds is 4. The van der Waals surface area contributed by atoms with Gasteiger partial charge in [-0.15, -0.1) is 0 Å². The molecule has 0 saturated heterocycles. The number of benzene rings is 1. The van der Waals surface area contributed by atoms with E-state index in [2.05, 4.69) is 0 Å². The molecule has 1 rings (SSSR count). The van der Waals surface area contributed by atoms with Gasteiger partial charge in [-0.2, -0.15) is 0 Å². The third kappa shape index (κ3) is 3.56. The first-order chi connectivity index (χ1) is 7.95. The van der Waals surface area contributed by atoms with Gasteiger partial charge in [0.05, 0.1) is 0 Å². The number of amides is 1. The summed E-state index contributed by atoms with van der Waals surface area (Å²) in [7, 11) is 1.83. The van der Waals surface area contributed by atoms with E-state index < -0.39 is 0 Å². The summed E-state index contributed by atoms with van der Waals surface area (Å²) in [5.41, 5.74) is 8.50. The van der Waals surface area contributed by atoms with Crippen LogP contribution in [0.2, 0.25) is 0 Å². The summed E-state index contributed by atoms with van der Waals surface area (Å²) < 4.78 is 0. The first-order valence-electron chi connectivity index (χ1n) is 5.98. The van der Waals surface area contributed by atoms with Gasteiger partial charge in [0.15, 0.2) is 0 Å². The Balaban J connectivity index is 2.85. The molecule has 0 aliphatic rings. The number of carbonyl (C=O) groups is 1. The first kappa shape index (κ1) is 13.7. The molecule has 94 valence electrons. The summed E-state index contributed by atoms with van der Waals surface area (Å²) >= 11 is 0. The Morgan fingerprint density at radius 1 is 1.41 bits per heavy atom. The molecule has 0 aliphatic heterocycles. The van der Waals surface area contributed by atoms with Crippen molar-refractivity contribution in [1.82, 2.24) is 4.90 Å². The van der Waals surface area contributed by atoms with Crippen molar-refractivity contribution < 1.29 is 4.79 Å². The summed E-state index contributed by atoms with van der Waals surface area (Å²) in [6.45, 7) is 7.31. The van der Waals surface area contributed by atoms with Crippen LogP contribution in [0.25, 0.3) is 0 Å². The highest BCUT2D eigenvalue weighted by atomic mass is 16.2. The van der Waals surface area contributed by atoms with Crippen LogP contribution in [0.4, 0.5) is 0 Å². The molecule has 0 aliphatic carbocycles. The second kappa shape index (κ2) is 5.82. The number of aryl methyl sites for hydroxylation is 2. The van der Waals surface area contributed by atoms with Crippen molar-refractivity contribution >= 4 is 5.91 Å².